The highest BCUT2D eigenvalue weighted by Crippen LogP contribution is 2.23. The molecular formula is C19H28ClN3O2S2. The number of thiocarbonyl (C=S) groups is 1. The van der Waals surface area contributed by atoms with Crippen molar-refractivity contribution in [3.63, 3.8) is 0 Å². The molecule has 1 amide bonds. The fraction of sp³-hybridized carbons (Fsp3) is 0.579. The van der Waals surface area contributed by atoms with Crippen LogP contribution in [-0.2, 0) is 11.3 Å². The van der Waals surface area contributed by atoms with E-state index in [1.165, 1.54) is 12.8 Å². The molecule has 0 radical (unpaired) electrons. The lowest BCUT2D eigenvalue weighted by molar-refractivity contribution is 0.139. The van der Waals surface area contributed by atoms with Gasteiger partial charge in [-0.1, -0.05) is 53.8 Å². The van der Waals surface area contributed by atoms with Crippen LogP contribution in [0.2, 0.25) is 5.02 Å². The Balaban J connectivity index is 1.46. The summed E-state index contributed by atoms with van der Waals surface area (Å²) >= 11 is 13.2. The molecule has 5 nitrogen and oxygen atoms in total. The van der Waals surface area contributed by atoms with Crippen LogP contribution < -0.4 is 10.6 Å². The van der Waals surface area contributed by atoms with Crippen LogP contribution in [0.3, 0.4) is 0 Å². The molecule has 2 N–H and O–H groups in total. The van der Waals surface area contributed by atoms with E-state index < -0.39 is 6.09 Å². The van der Waals surface area contributed by atoms with Gasteiger partial charge in [-0.2, -0.15) is 0 Å². The van der Waals surface area contributed by atoms with Crippen LogP contribution in [0.5, 0.6) is 0 Å². The van der Waals surface area contributed by atoms with E-state index in [-0.39, 0.29) is 6.61 Å². The second kappa shape index (κ2) is 12.4. The Bertz CT molecular complexity index is 610. The Hall–Kier alpha value is -1.02. The Kier molecular flexibility index (Phi) is 10.3. The smallest absolute Gasteiger partial charge is 0.407 e. The fourth-order valence-corrected chi connectivity index (χ4v) is 4.37. The van der Waals surface area contributed by atoms with Gasteiger partial charge in [0.15, 0.2) is 0 Å². The summed E-state index contributed by atoms with van der Waals surface area (Å²) in [6.45, 7) is 3.89. The molecule has 1 aliphatic rings. The zero-order valence-corrected chi connectivity index (χ0v) is 18.1. The van der Waals surface area contributed by atoms with Gasteiger partial charge in [0.1, 0.15) is 10.9 Å². The van der Waals surface area contributed by atoms with Crippen molar-refractivity contribution in [1.29, 1.82) is 0 Å². The first-order valence-electron chi connectivity index (χ1n) is 9.31. The molecule has 1 fully saturated rings. The third-order valence-corrected chi connectivity index (χ3v) is 6.36. The lowest BCUT2D eigenvalue weighted by Crippen LogP contribution is -2.33. The molecule has 0 aromatic heterocycles. The summed E-state index contributed by atoms with van der Waals surface area (Å²) in [6.07, 6.45) is 3.79. The number of rotatable bonds is 8. The van der Waals surface area contributed by atoms with Crippen LogP contribution >= 0.6 is 35.6 Å². The standard InChI is InChI=1S/C19H28ClN3O2S2/c1-23-12-8-16(9-13-23)27-19(26)22-11-5-4-10-21-18(24)25-14-15-6-2-3-7-17(15)20/h2-3,6-7,16H,4-5,8-14H2,1H3,(H,21,24)(H,22,26). The second-order valence-corrected chi connectivity index (χ2v) is 9.02. The number of amides is 1. The summed E-state index contributed by atoms with van der Waals surface area (Å²) in [5.74, 6) is 0. The van der Waals surface area contributed by atoms with Crippen molar-refractivity contribution in [3.05, 3.63) is 34.9 Å². The van der Waals surface area contributed by atoms with Gasteiger partial charge in [-0.15, -0.1) is 0 Å². The average molecular weight is 430 g/mol. The molecule has 1 aliphatic heterocycles. The summed E-state index contributed by atoms with van der Waals surface area (Å²) in [6, 6.07) is 7.33. The third kappa shape index (κ3) is 9.14. The predicted molar refractivity (Wildman–Crippen MR) is 118 cm³/mol. The molecule has 0 aliphatic carbocycles. The van der Waals surface area contributed by atoms with Crippen molar-refractivity contribution in [2.45, 2.75) is 37.5 Å². The number of nitrogens with zero attached hydrogens (tertiary/aromatic N) is 1. The van der Waals surface area contributed by atoms with Gasteiger partial charge in [-0.3, -0.25) is 0 Å². The van der Waals surface area contributed by atoms with Crippen molar-refractivity contribution in [2.24, 2.45) is 0 Å². The molecule has 0 bridgehead atoms. The van der Waals surface area contributed by atoms with Crippen molar-refractivity contribution in [2.75, 3.05) is 33.2 Å². The lowest BCUT2D eigenvalue weighted by atomic mass is 10.1. The summed E-state index contributed by atoms with van der Waals surface area (Å²) in [7, 11) is 2.16. The number of thioether (sulfide) groups is 1. The first-order chi connectivity index (χ1) is 13.0. The molecule has 27 heavy (non-hydrogen) atoms. The molecule has 1 saturated heterocycles. The zero-order valence-electron chi connectivity index (χ0n) is 15.7. The number of piperidine rings is 1. The highest BCUT2D eigenvalue weighted by Gasteiger charge is 2.18. The fourth-order valence-electron chi connectivity index (χ4n) is 2.74. The van der Waals surface area contributed by atoms with Gasteiger partial charge in [-0.05, 0) is 51.9 Å². The van der Waals surface area contributed by atoms with E-state index in [9.17, 15) is 4.79 Å². The molecular weight excluding hydrogens is 402 g/mol. The molecule has 1 heterocycles. The minimum Gasteiger partial charge on any atom is -0.445 e. The molecule has 1 aromatic rings. The molecule has 0 atom stereocenters. The number of halogens is 1. The van der Waals surface area contributed by atoms with Gasteiger partial charge in [-0.25, -0.2) is 4.79 Å². The molecule has 150 valence electrons. The molecule has 0 unspecified atom stereocenters. The number of hydrogen-bond donors (Lipinski definition) is 2. The Morgan fingerprint density at radius 2 is 1.93 bits per heavy atom. The predicted octanol–water partition coefficient (Wildman–Crippen LogP) is 4.05. The normalized spacial score (nSPS) is 15.3. The molecule has 1 aromatic carbocycles. The topological polar surface area (TPSA) is 53.6 Å². The average Bonchev–Trinajstić information content (AvgIpc) is 2.66. The van der Waals surface area contributed by atoms with Crippen LogP contribution in [0.15, 0.2) is 24.3 Å². The van der Waals surface area contributed by atoms with E-state index in [2.05, 4.69) is 22.6 Å². The number of benzene rings is 1. The maximum absolute atomic E-state index is 11.7. The number of likely N-dealkylation sites (tertiary alicyclic amines) is 1. The number of unbranched alkanes of at least 4 members (excludes halogenated alkanes) is 1. The minimum absolute atomic E-state index is 0.176. The van der Waals surface area contributed by atoms with Crippen molar-refractivity contribution < 1.29 is 9.53 Å². The van der Waals surface area contributed by atoms with E-state index >= 15 is 0 Å². The van der Waals surface area contributed by atoms with E-state index in [1.54, 1.807) is 17.8 Å². The number of alkyl carbamates (subject to hydrolysis) is 1. The highest BCUT2D eigenvalue weighted by atomic mass is 35.5. The molecule has 2 rings (SSSR count). The monoisotopic (exact) mass is 429 g/mol. The number of hydrogen-bond acceptors (Lipinski definition) is 5. The summed E-state index contributed by atoms with van der Waals surface area (Å²) in [4.78, 5) is 14.1. The van der Waals surface area contributed by atoms with Crippen LogP contribution in [0, 0.1) is 0 Å². The van der Waals surface area contributed by atoms with Gasteiger partial charge >= 0.3 is 6.09 Å². The summed E-state index contributed by atoms with van der Waals surface area (Å²) in [5, 5.41) is 7.30. The van der Waals surface area contributed by atoms with E-state index in [4.69, 9.17) is 28.6 Å². The number of carbonyl (C=O) groups excluding carboxylic acids is 1. The maximum Gasteiger partial charge on any atom is 0.407 e. The van der Waals surface area contributed by atoms with Crippen molar-refractivity contribution >= 4 is 46.0 Å². The SMILES string of the molecule is CN1CCC(SC(=S)NCCCCNC(=O)OCc2ccccc2Cl)CC1. The number of ether oxygens (including phenoxy) is 1. The number of carbonyl (C=O) groups is 1. The van der Waals surface area contributed by atoms with Gasteiger partial charge in [0.2, 0.25) is 0 Å². The summed E-state index contributed by atoms with van der Waals surface area (Å²) in [5.41, 5.74) is 0.800. The summed E-state index contributed by atoms with van der Waals surface area (Å²) < 4.78 is 6.05. The van der Waals surface area contributed by atoms with E-state index in [1.807, 2.05) is 18.2 Å². The number of nitrogens with one attached hydrogen (secondary N) is 2. The third-order valence-electron chi connectivity index (χ3n) is 4.40. The molecule has 8 heteroatoms. The lowest BCUT2D eigenvalue weighted by Gasteiger charge is -2.28. The van der Waals surface area contributed by atoms with Crippen molar-refractivity contribution in [1.82, 2.24) is 15.5 Å². The van der Waals surface area contributed by atoms with Crippen molar-refractivity contribution in [3.8, 4) is 0 Å². The van der Waals surface area contributed by atoms with Gasteiger partial charge in [0.05, 0.1) is 0 Å². The van der Waals surface area contributed by atoms with E-state index in [0.29, 0.717) is 16.8 Å². The minimum atomic E-state index is -0.420. The Morgan fingerprint density at radius 3 is 2.63 bits per heavy atom. The Morgan fingerprint density at radius 1 is 1.26 bits per heavy atom. The van der Waals surface area contributed by atoms with Gasteiger partial charge in [0, 0.05) is 28.9 Å². The van der Waals surface area contributed by atoms with Gasteiger partial charge < -0.3 is 20.3 Å². The zero-order chi connectivity index (χ0) is 19.5. The largest absolute Gasteiger partial charge is 0.445 e. The Labute approximate surface area is 176 Å². The quantitative estimate of drug-likeness (QED) is 0.480. The van der Waals surface area contributed by atoms with E-state index in [0.717, 1.165) is 42.4 Å². The van der Waals surface area contributed by atoms with Crippen LogP contribution in [0.4, 0.5) is 4.79 Å². The molecule has 0 spiro atoms. The second-order valence-electron chi connectivity index (χ2n) is 6.64. The maximum atomic E-state index is 11.7. The van der Waals surface area contributed by atoms with Crippen LogP contribution in [0.1, 0.15) is 31.2 Å². The molecule has 0 saturated carbocycles. The van der Waals surface area contributed by atoms with Crippen LogP contribution in [0.25, 0.3) is 0 Å². The van der Waals surface area contributed by atoms with Crippen LogP contribution in [-0.4, -0.2) is 53.8 Å². The first-order valence-corrected chi connectivity index (χ1v) is 11.0. The van der Waals surface area contributed by atoms with Gasteiger partial charge in [0.25, 0.3) is 0 Å². The first kappa shape index (κ1) is 22.3. The highest BCUT2D eigenvalue weighted by molar-refractivity contribution is 8.23.